The van der Waals surface area contributed by atoms with Crippen LogP contribution in [0, 0.1) is 11.6 Å². The third-order valence-corrected chi connectivity index (χ3v) is 7.83. The van der Waals surface area contributed by atoms with Crippen molar-refractivity contribution in [1.29, 1.82) is 0 Å². The maximum atomic E-state index is 14.9. The van der Waals surface area contributed by atoms with E-state index in [1.54, 1.807) is 25.5 Å². The first-order valence-electron chi connectivity index (χ1n) is 13.2. The fourth-order valence-electron chi connectivity index (χ4n) is 6.07. The molecule has 5 aromatic rings. The van der Waals surface area contributed by atoms with E-state index in [0.29, 0.717) is 38.7 Å². The number of aryl methyl sites for hydroxylation is 1. The molecule has 5 heterocycles. The lowest BCUT2D eigenvalue weighted by atomic mass is 10.0. The summed E-state index contributed by atoms with van der Waals surface area (Å²) in [6, 6.07) is 2.95. The number of aromatic amines is 1. The molecule has 3 N–H and O–H groups in total. The molecule has 6 rings (SSSR count). The highest BCUT2D eigenvalue weighted by Gasteiger charge is 2.31. The number of aromatic nitrogens is 4. The summed E-state index contributed by atoms with van der Waals surface area (Å²) in [6.07, 6.45) is 6.42. The van der Waals surface area contributed by atoms with Crippen LogP contribution >= 0.6 is 0 Å². The van der Waals surface area contributed by atoms with Gasteiger partial charge in [0, 0.05) is 68.3 Å². The molecule has 0 spiro atoms. The molecule has 1 aliphatic rings. The third kappa shape index (κ3) is 4.17. The number of carboxylic acids is 1. The van der Waals surface area contributed by atoms with Gasteiger partial charge >= 0.3 is 5.97 Å². The van der Waals surface area contributed by atoms with Crippen LogP contribution in [0.4, 0.5) is 20.2 Å². The molecule has 1 unspecified atom stereocenters. The van der Waals surface area contributed by atoms with Crippen LogP contribution in [0.15, 0.2) is 35.5 Å². The van der Waals surface area contributed by atoms with Crippen LogP contribution in [0.2, 0.25) is 0 Å². The average Bonchev–Trinajstić information content (AvgIpc) is 3.54. The van der Waals surface area contributed by atoms with Crippen LogP contribution < -0.4 is 15.6 Å². The summed E-state index contributed by atoms with van der Waals surface area (Å²) >= 11 is 0. The molecule has 1 aromatic carbocycles. The number of likely N-dealkylation sites (N-methyl/N-ethyl adjacent to an activating group) is 1. The van der Waals surface area contributed by atoms with Crippen molar-refractivity contribution in [1.82, 2.24) is 24.4 Å². The number of nitrogens with one attached hydrogen (secondary N) is 2. The molecule has 1 fully saturated rings. The molecule has 41 heavy (non-hydrogen) atoms. The Hall–Kier alpha value is -4.58. The molecule has 0 radical (unpaired) electrons. The minimum absolute atomic E-state index is 0.00818. The van der Waals surface area contributed by atoms with E-state index in [-0.39, 0.29) is 22.7 Å². The number of pyridine rings is 3. The summed E-state index contributed by atoms with van der Waals surface area (Å²) in [5.74, 6) is -3.29. The minimum Gasteiger partial charge on any atom is -0.477 e. The smallest absolute Gasteiger partial charge is 0.341 e. The molecular formula is C29H29F2N7O3. The molecular weight excluding hydrogens is 532 g/mol. The highest BCUT2D eigenvalue weighted by molar-refractivity contribution is 6.18. The molecule has 0 aliphatic carbocycles. The Balaban J connectivity index is 1.70. The quantitative estimate of drug-likeness (QED) is 0.283. The van der Waals surface area contributed by atoms with E-state index in [9.17, 15) is 23.5 Å². The number of anilines is 2. The van der Waals surface area contributed by atoms with E-state index in [4.69, 9.17) is 0 Å². The van der Waals surface area contributed by atoms with Gasteiger partial charge in [0.1, 0.15) is 16.9 Å². The van der Waals surface area contributed by atoms with Gasteiger partial charge in [0.25, 0.3) is 0 Å². The number of rotatable bonds is 6. The first-order valence-corrected chi connectivity index (χ1v) is 13.2. The number of halogens is 2. The van der Waals surface area contributed by atoms with Crippen LogP contribution in [0.1, 0.15) is 23.2 Å². The van der Waals surface area contributed by atoms with E-state index in [0.717, 1.165) is 31.6 Å². The Morgan fingerprint density at radius 2 is 2.00 bits per heavy atom. The molecule has 0 amide bonds. The molecule has 1 saturated heterocycles. The second-order valence-electron chi connectivity index (χ2n) is 10.7. The summed E-state index contributed by atoms with van der Waals surface area (Å²) in [5.41, 5.74) is 2.20. The standard InChI is InChI=1S/C29H29F2N7O3/c1-32-24-22(31)20(30)9-16-21-25(38-7-5-6-15(38)12-36(2)3)18(11-33-27(21)35-23(16)24)14-8-17-26(39)19(29(40)41)13-37(4)28(17)34-10-14/h8-11,13,15,32H,5-7,12H2,1-4H3,(H,33,35)(H,40,41). The molecule has 10 nitrogen and oxygen atoms in total. The second-order valence-corrected chi connectivity index (χ2v) is 10.7. The Morgan fingerprint density at radius 3 is 2.71 bits per heavy atom. The predicted molar refractivity (Wildman–Crippen MR) is 155 cm³/mol. The van der Waals surface area contributed by atoms with Gasteiger partial charge in [-0.3, -0.25) is 4.79 Å². The number of carbonyl (C=O) groups is 1. The van der Waals surface area contributed by atoms with Crippen LogP contribution in [-0.2, 0) is 7.05 Å². The van der Waals surface area contributed by atoms with Crippen molar-refractivity contribution in [3.63, 3.8) is 0 Å². The first kappa shape index (κ1) is 26.6. The SMILES string of the molecule is CNc1c(F)c(F)cc2c1[nH]c1ncc(-c3cnc4c(c3)c(=O)c(C(=O)O)cn4C)c(N3CCCC3CN(C)C)c12. The van der Waals surface area contributed by atoms with Gasteiger partial charge in [-0.1, -0.05) is 0 Å². The van der Waals surface area contributed by atoms with Gasteiger partial charge in [-0.05, 0) is 39.1 Å². The van der Waals surface area contributed by atoms with Gasteiger partial charge in [-0.15, -0.1) is 0 Å². The molecule has 4 aromatic heterocycles. The summed E-state index contributed by atoms with van der Waals surface area (Å²) in [5, 5.41) is 13.6. The normalized spacial score (nSPS) is 15.6. The second kappa shape index (κ2) is 9.81. The molecule has 1 aliphatic heterocycles. The largest absolute Gasteiger partial charge is 0.477 e. The van der Waals surface area contributed by atoms with Gasteiger partial charge in [0.2, 0.25) is 5.43 Å². The lowest BCUT2D eigenvalue weighted by Gasteiger charge is -2.31. The van der Waals surface area contributed by atoms with Crippen LogP contribution in [0.25, 0.3) is 44.1 Å². The van der Waals surface area contributed by atoms with Gasteiger partial charge in [-0.2, -0.15) is 0 Å². The number of aromatic carboxylic acids is 1. The van der Waals surface area contributed by atoms with E-state index in [2.05, 4.69) is 30.1 Å². The number of H-pyrrole nitrogens is 1. The van der Waals surface area contributed by atoms with Gasteiger partial charge in [0.15, 0.2) is 11.6 Å². The fraction of sp³-hybridized carbons (Fsp3) is 0.310. The predicted octanol–water partition coefficient (Wildman–Crippen LogP) is 4.18. The topological polar surface area (TPSA) is 119 Å². The lowest BCUT2D eigenvalue weighted by Crippen LogP contribution is -2.38. The van der Waals surface area contributed by atoms with Crippen molar-refractivity contribution in [3.05, 3.63) is 58.1 Å². The molecule has 1 atom stereocenters. The maximum absolute atomic E-state index is 14.9. The zero-order chi connectivity index (χ0) is 29.2. The van der Waals surface area contributed by atoms with Crippen molar-refractivity contribution in [2.45, 2.75) is 18.9 Å². The number of benzene rings is 1. The number of carboxylic acid groups (broad SMARTS) is 1. The van der Waals surface area contributed by atoms with Crippen molar-refractivity contribution < 1.29 is 18.7 Å². The fourth-order valence-corrected chi connectivity index (χ4v) is 6.07. The zero-order valence-electron chi connectivity index (χ0n) is 23.0. The highest BCUT2D eigenvalue weighted by Crippen LogP contribution is 2.44. The summed E-state index contributed by atoms with van der Waals surface area (Å²) in [7, 11) is 7.18. The van der Waals surface area contributed by atoms with Gasteiger partial charge < -0.3 is 29.8 Å². The Labute approximate surface area is 233 Å². The summed E-state index contributed by atoms with van der Waals surface area (Å²) in [6.45, 7) is 1.50. The van der Waals surface area contributed by atoms with Crippen LogP contribution in [0.3, 0.4) is 0 Å². The van der Waals surface area contributed by atoms with Crippen molar-refractivity contribution in [2.24, 2.45) is 7.05 Å². The Morgan fingerprint density at radius 1 is 1.22 bits per heavy atom. The lowest BCUT2D eigenvalue weighted by molar-refractivity contribution is 0.0695. The minimum atomic E-state index is -1.32. The summed E-state index contributed by atoms with van der Waals surface area (Å²) < 4.78 is 31.1. The van der Waals surface area contributed by atoms with Gasteiger partial charge in [-0.25, -0.2) is 23.5 Å². The highest BCUT2D eigenvalue weighted by atomic mass is 19.2. The monoisotopic (exact) mass is 561 g/mol. The van der Waals surface area contributed by atoms with Crippen molar-refractivity contribution in [3.8, 4) is 11.1 Å². The van der Waals surface area contributed by atoms with Crippen LogP contribution in [-0.4, -0.2) is 75.8 Å². The van der Waals surface area contributed by atoms with Crippen molar-refractivity contribution >= 4 is 50.3 Å². The summed E-state index contributed by atoms with van der Waals surface area (Å²) in [4.78, 5) is 41.6. The van der Waals surface area contributed by atoms with Gasteiger partial charge in [0.05, 0.1) is 27.7 Å². The number of fused-ring (bicyclic) bond motifs is 4. The van der Waals surface area contributed by atoms with E-state index in [1.807, 2.05) is 14.1 Å². The zero-order valence-corrected chi connectivity index (χ0v) is 23.0. The maximum Gasteiger partial charge on any atom is 0.341 e. The number of hydrogen-bond donors (Lipinski definition) is 3. The number of nitrogens with zero attached hydrogens (tertiary/aromatic N) is 5. The van der Waals surface area contributed by atoms with Crippen molar-refractivity contribution in [2.75, 3.05) is 44.4 Å². The van der Waals surface area contributed by atoms with E-state index < -0.39 is 23.0 Å². The van der Waals surface area contributed by atoms with Crippen LogP contribution in [0.5, 0.6) is 0 Å². The average molecular weight is 562 g/mol. The number of hydrogen-bond acceptors (Lipinski definition) is 7. The molecule has 0 bridgehead atoms. The molecule has 12 heteroatoms. The first-order chi connectivity index (χ1) is 19.6. The van der Waals surface area contributed by atoms with E-state index in [1.165, 1.54) is 23.9 Å². The molecule has 212 valence electrons. The Kier molecular flexibility index (Phi) is 6.37. The third-order valence-electron chi connectivity index (χ3n) is 7.83. The Bertz CT molecular complexity index is 1930. The van der Waals surface area contributed by atoms with E-state index >= 15 is 0 Å². The molecule has 0 saturated carbocycles.